The normalized spacial score (nSPS) is 12.3. The van der Waals surface area contributed by atoms with Crippen LogP contribution in [-0.4, -0.2) is 0 Å². The van der Waals surface area contributed by atoms with Gasteiger partial charge >= 0.3 is 0 Å². The van der Waals surface area contributed by atoms with Crippen LogP contribution in [0.15, 0.2) is 176 Å². The van der Waals surface area contributed by atoms with E-state index in [1.807, 2.05) is 24.3 Å². The van der Waals surface area contributed by atoms with E-state index in [4.69, 9.17) is 4.74 Å². The molecule has 48 heavy (non-hydrogen) atoms. The SMILES string of the molecule is c1ccc2c(c1)Oc1ccccc1N2c1cc(-c2ccc3ccccc3c2)cc(-c2ccc3c4ccccc4c4ccccc4c3c2)c1. The lowest BCUT2D eigenvalue weighted by Crippen LogP contribution is -2.15. The topological polar surface area (TPSA) is 12.5 Å². The van der Waals surface area contributed by atoms with E-state index in [0.717, 1.165) is 39.7 Å². The van der Waals surface area contributed by atoms with Crippen LogP contribution in [0.3, 0.4) is 0 Å². The molecule has 224 valence electrons. The quantitative estimate of drug-likeness (QED) is 0.184. The number of hydrogen-bond donors (Lipinski definition) is 0. The fourth-order valence-corrected chi connectivity index (χ4v) is 7.51. The summed E-state index contributed by atoms with van der Waals surface area (Å²) in [6.45, 7) is 0. The fourth-order valence-electron chi connectivity index (χ4n) is 7.51. The highest BCUT2D eigenvalue weighted by Crippen LogP contribution is 2.51. The number of benzene rings is 9. The van der Waals surface area contributed by atoms with Gasteiger partial charge < -0.3 is 9.64 Å². The third-order valence-corrected chi connectivity index (χ3v) is 9.77. The third-order valence-electron chi connectivity index (χ3n) is 9.77. The fraction of sp³-hybridized carbons (Fsp3) is 0. The maximum atomic E-state index is 6.39. The van der Waals surface area contributed by atoms with Gasteiger partial charge in [-0.05, 0) is 120 Å². The molecule has 0 bridgehead atoms. The smallest absolute Gasteiger partial charge is 0.151 e. The summed E-state index contributed by atoms with van der Waals surface area (Å²) in [5.41, 5.74) is 7.82. The van der Waals surface area contributed by atoms with Crippen molar-refractivity contribution >= 4 is 60.2 Å². The van der Waals surface area contributed by atoms with Crippen molar-refractivity contribution in [1.82, 2.24) is 0 Å². The van der Waals surface area contributed by atoms with E-state index in [0.29, 0.717) is 0 Å². The van der Waals surface area contributed by atoms with Gasteiger partial charge in [0.15, 0.2) is 11.5 Å². The average Bonchev–Trinajstić information content (AvgIpc) is 3.16. The Bertz CT molecular complexity index is 2640. The van der Waals surface area contributed by atoms with Crippen LogP contribution >= 0.6 is 0 Å². The molecule has 0 N–H and O–H groups in total. The van der Waals surface area contributed by atoms with Gasteiger partial charge in [-0.2, -0.15) is 0 Å². The summed E-state index contributed by atoms with van der Waals surface area (Å²) < 4.78 is 6.39. The molecule has 0 saturated carbocycles. The molecule has 1 aliphatic heterocycles. The Hall–Kier alpha value is -6.38. The van der Waals surface area contributed by atoms with Gasteiger partial charge in [0.25, 0.3) is 0 Å². The summed E-state index contributed by atoms with van der Waals surface area (Å²) in [5.74, 6) is 1.69. The molecule has 2 nitrogen and oxygen atoms in total. The van der Waals surface area contributed by atoms with E-state index in [-0.39, 0.29) is 0 Å². The van der Waals surface area contributed by atoms with Gasteiger partial charge in [0.2, 0.25) is 0 Å². The van der Waals surface area contributed by atoms with Crippen LogP contribution in [0.5, 0.6) is 11.5 Å². The number of hydrogen-bond acceptors (Lipinski definition) is 2. The molecule has 0 amide bonds. The predicted octanol–water partition coefficient (Wildman–Crippen LogP) is 13.2. The number of ether oxygens (including phenoxy) is 1. The minimum absolute atomic E-state index is 0.845. The molecule has 10 rings (SSSR count). The Balaban J connectivity index is 1.24. The van der Waals surface area contributed by atoms with E-state index in [9.17, 15) is 0 Å². The maximum Gasteiger partial charge on any atom is 0.151 e. The van der Waals surface area contributed by atoms with Crippen molar-refractivity contribution in [3.05, 3.63) is 176 Å². The molecule has 9 aromatic carbocycles. The molecule has 2 heteroatoms. The molecule has 1 aliphatic rings. The first kappa shape index (κ1) is 26.8. The first-order valence-corrected chi connectivity index (χ1v) is 16.4. The van der Waals surface area contributed by atoms with Crippen molar-refractivity contribution < 1.29 is 4.74 Å². The van der Waals surface area contributed by atoms with Crippen molar-refractivity contribution in [2.24, 2.45) is 0 Å². The van der Waals surface area contributed by atoms with Gasteiger partial charge in [0.05, 0.1) is 11.4 Å². The van der Waals surface area contributed by atoms with Crippen molar-refractivity contribution in [2.75, 3.05) is 4.90 Å². The van der Waals surface area contributed by atoms with Crippen LogP contribution in [-0.2, 0) is 0 Å². The molecule has 1 heterocycles. The summed E-state index contributed by atoms with van der Waals surface area (Å²) in [4.78, 5) is 2.34. The molecule has 0 unspecified atom stereocenters. The Labute approximate surface area is 278 Å². The van der Waals surface area contributed by atoms with Crippen molar-refractivity contribution in [3.8, 4) is 33.8 Å². The molecule has 9 aromatic rings. The molecular weight excluding hydrogens is 583 g/mol. The molecule has 0 fully saturated rings. The summed E-state index contributed by atoms with van der Waals surface area (Å²) in [6.07, 6.45) is 0. The van der Waals surface area contributed by atoms with E-state index in [2.05, 4.69) is 157 Å². The van der Waals surface area contributed by atoms with Crippen LogP contribution in [0.25, 0.3) is 65.3 Å². The van der Waals surface area contributed by atoms with Gasteiger partial charge in [0.1, 0.15) is 0 Å². The summed E-state index contributed by atoms with van der Waals surface area (Å²) >= 11 is 0. The molecule has 0 spiro atoms. The van der Waals surface area contributed by atoms with E-state index < -0.39 is 0 Å². The van der Waals surface area contributed by atoms with Crippen LogP contribution in [0.1, 0.15) is 0 Å². The van der Waals surface area contributed by atoms with Crippen molar-refractivity contribution in [3.63, 3.8) is 0 Å². The van der Waals surface area contributed by atoms with Gasteiger partial charge in [0, 0.05) is 5.69 Å². The first-order valence-electron chi connectivity index (χ1n) is 16.4. The number of fused-ring (bicyclic) bond motifs is 9. The van der Waals surface area contributed by atoms with Gasteiger partial charge in [-0.25, -0.2) is 0 Å². The van der Waals surface area contributed by atoms with E-state index in [1.54, 1.807) is 0 Å². The number of rotatable bonds is 3. The van der Waals surface area contributed by atoms with Crippen LogP contribution < -0.4 is 9.64 Å². The lowest BCUT2D eigenvalue weighted by Gasteiger charge is -2.33. The zero-order valence-corrected chi connectivity index (χ0v) is 26.1. The van der Waals surface area contributed by atoms with Gasteiger partial charge in [-0.1, -0.05) is 121 Å². The molecule has 0 radical (unpaired) electrons. The Kier molecular flexibility index (Phi) is 5.91. The highest BCUT2D eigenvalue weighted by atomic mass is 16.5. The average molecular weight is 612 g/mol. The monoisotopic (exact) mass is 611 g/mol. The molecular formula is C46H29NO. The second-order valence-corrected chi connectivity index (χ2v) is 12.6. The summed E-state index contributed by atoms with van der Waals surface area (Å²) in [5, 5.41) is 10.1. The molecule has 0 atom stereocenters. The van der Waals surface area contributed by atoms with Crippen LogP contribution in [0, 0.1) is 0 Å². The van der Waals surface area contributed by atoms with Gasteiger partial charge in [-0.3, -0.25) is 0 Å². The summed E-state index contributed by atoms with van der Waals surface area (Å²) in [6, 6.07) is 63.5. The Morgan fingerprint density at radius 2 is 0.792 bits per heavy atom. The molecule has 0 saturated heterocycles. The maximum absolute atomic E-state index is 6.39. The zero-order chi connectivity index (χ0) is 31.6. The van der Waals surface area contributed by atoms with Crippen LogP contribution in [0.2, 0.25) is 0 Å². The van der Waals surface area contributed by atoms with Crippen molar-refractivity contribution in [2.45, 2.75) is 0 Å². The third kappa shape index (κ3) is 4.20. The van der Waals surface area contributed by atoms with Crippen molar-refractivity contribution in [1.29, 1.82) is 0 Å². The minimum Gasteiger partial charge on any atom is -0.453 e. The molecule has 0 aliphatic carbocycles. The highest BCUT2D eigenvalue weighted by Gasteiger charge is 2.26. The van der Waals surface area contributed by atoms with Gasteiger partial charge in [-0.15, -0.1) is 0 Å². The Morgan fingerprint density at radius 1 is 0.312 bits per heavy atom. The second kappa shape index (κ2) is 10.6. The number of para-hydroxylation sites is 4. The lowest BCUT2D eigenvalue weighted by molar-refractivity contribution is 0.477. The highest BCUT2D eigenvalue weighted by molar-refractivity contribution is 6.25. The lowest BCUT2D eigenvalue weighted by atomic mass is 9.91. The zero-order valence-electron chi connectivity index (χ0n) is 26.1. The largest absolute Gasteiger partial charge is 0.453 e. The van der Waals surface area contributed by atoms with Crippen LogP contribution in [0.4, 0.5) is 17.1 Å². The minimum atomic E-state index is 0.845. The number of nitrogens with zero attached hydrogens (tertiary/aromatic N) is 1. The number of anilines is 3. The second-order valence-electron chi connectivity index (χ2n) is 12.6. The first-order chi connectivity index (χ1) is 23.8. The standard InChI is InChI=1S/C46H29NO/c1-2-12-31-25-32(22-21-30(31)11-1)34-26-35(28-36(27-34)47-43-17-7-9-19-45(43)48-46-20-10-8-18-44(46)47)33-23-24-41-39-15-4-3-13-37(39)38-14-5-6-16-40(38)42(41)29-33/h1-29H. The van der Waals surface area contributed by atoms with E-state index >= 15 is 0 Å². The van der Waals surface area contributed by atoms with E-state index in [1.165, 1.54) is 54.2 Å². The molecule has 0 aromatic heterocycles. The summed E-state index contributed by atoms with van der Waals surface area (Å²) in [7, 11) is 0. The predicted molar refractivity (Wildman–Crippen MR) is 202 cm³/mol. The Morgan fingerprint density at radius 3 is 1.44 bits per heavy atom.